The van der Waals surface area contributed by atoms with Gasteiger partial charge in [-0.2, -0.15) is 0 Å². The van der Waals surface area contributed by atoms with Crippen LogP contribution in [0.5, 0.6) is 0 Å². The Labute approximate surface area is 120 Å². The summed E-state index contributed by atoms with van der Waals surface area (Å²) in [6.45, 7) is 6.45. The number of aromatic nitrogens is 1. The van der Waals surface area contributed by atoms with E-state index in [2.05, 4.69) is 25.8 Å². The Kier molecular flexibility index (Phi) is 3.69. The first-order valence-electron chi connectivity index (χ1n) is 6.44. The second-order valence-electron chi connectivity index (χ2n) is 5.97. The Morgan fingerprint density at radius 3 is 2.10 bits per heavy atom. The second-order valence-corrected chi connectivity index (χ2v) is 7.96. The van der Waals surface area contributed by atoms with E-state index < -0.39 is 9.84 Å². The minimum Gasteiger partial charge on any atom is -0.263 e. The Balaban J connectivity index is 2.54. The van der Waals surface area contributed by atoms with Crippen LogP contribution in [0.25, 0.3) is 11.1 Å². The molecule has 1 aromatic heterocycles. The lowest BCUT2D eigenvalue weighted by atomic mass is 9.86. The summed E-state index contributed by atoms with van der Waals surface area (Å²) in [5.41, 5.74) is 2.89. The van der Waals surface area contributed by atoms with Gasteiger partial charge < -0.3 is 0 Å². The van der Waals surface area contributed by atoms with Crippen molar-refractivity contribution in [3.05, 3.63) is 48.3 Å². The lowest BCUT2D eigenvalue weighted by molar-refractivity contribution is 0.590. The van der Waals surface area contributed by atoms with E-state index in [-0.39, 0.29) is 10.3 Å². The molecule has 2 aromatic rings. The molecule has 1 aromatic carbocycles. The normalized spacial score (nSPS) is 12.4. The first kappa shape index (κ1) is 14.7. The van der Waals surface area contributed by atoms with Crippen molar-refractivity contribution in [2.75, 3.05) is 6.26 Å². The van der Waals surface area contributed by atoms with Gasteiger partial charge in [0, 0.05) is 24.2 Å². The summed E-state index contributed by atoms with van der Waals surface area (Å²) in [7, 11) is -3.28. The molecular weight excluding hydrogens is 270 g/mol. The molecule has 0 unspecified atom stereocenters. The first-order valence-corrected chi connectivity index (χ1v) is 8.34. The van der Waals surface area contributed by atoms with Gasteiger partial charge in [0.2, 0.25) is 0 Å². The van der Waals surface area contributed by atoms with Crippen LogP contribution >= 0.6 is 0 Å². The van der Waals surface area contributed by atoms with Crippen molar-refractivity contribution in [3.8, 4) is 11.1 Å². The van der Waals surface area contributed by atoms with E-state index in [1.165, 1.54) is 18.0 Å². The van der Waals surface area contributed by atoms with Crippen molar-refractivity contribution in [2.45, 2.75) is 31.1 Å². The molecule has 0 spiro atoms. The zero-order valence-electron chi connectivity index (χ0n) is 12.2. The van der Waals surface area contributed by atoms with E-state index in [4.69, 9.17) is 0 Å². The molecule has 0 aliphatic heterocycles. The van der Waals surface area contributed by atoms with Crippen LogP contribution in [-0.2, 0) is 15.3 Å². The fourth-order valence-corrected chi connectivity index (χ4v) is 2.90. The molecule has 0 saturated carbocycles. The van der Waals surface area contributed by atoms with Gasteiger partial charge in [0.05, 0.1) is 4.90 Å². The molecule has 0 saturated heterocycles. The number of sulfone groups is 1. The molecule has 0 atom stereocenters. The number of hydrogen-bond donors (Lipinski definition) is 0. The minimum absolute atomic E-state index is 0.0798. The van der Waals surface area contributed by atoms with E-state index in [0.717, 1.165) is 5.56 Å². The van der Waals surface area contributed by atoms with Gasteiger partial charge in [-0.25, -0.2) is 8.42 Å². The molecule has 0 fully saturated rings. The number of hydrogen-bond acceptors (Lipinski definition) is 3. The minimum atomic E-state index is -3.28. The maximum absolute atomic E-state index is 11.8. The molecule has 0 radical (unpaired) electrons. The Morgan fingerprint density at radius 1 is 1.00 bits per heavy atom. The zero-order valence-corrected chi connectivity index (χ0v) is 13.0. The van der Waals surface area contributed by atoms with Crippen molar-refractivity contribution in [1.29, 1.82) is 0 Å². The van der Waals surface area contributed by atoms with Gasteiger partial charge >= 0.3 is 0 Å². The lowest BCUT2D eigenvalue weighted by Gasteiger charge is -2.19. The lowest BCUT2D eigenvalue weighted by Crippen LogP contribution is -2.10. The molecule has 3 nitrogen and oxygen atoms in total. The summed E-state index contributed by atoms with van der Waals surface area (Å²) in [5, 5.41) is 0. The van der Waals surface area contributed by atoms with E-state index in [9.17, 15) is 8.42 Å². The van der Waals surface area contributed by atoms with E-state index >= 15 is 0 Å². The quantitative estimate of drug-likeness (QED) is 0.850. The molecule has 0 amide bonds. The van der Waals surface area contributed by atoms with Crippen LogP contribution in [-0.4, -0.2) is 19.7 Å². The topological polar surface area (TPSA) is 47.0 Å². The van der Waals surface area contributed by atoms with Crippen LogP contribution < -0.4 is 0 Å². The molecule has 106 valence electrons. The standard InChI is InChI=1S/C16H19NO2S/c1-16(2,3)13-7-5-12(6-8-13)14-9-10-17-11-15(14)20(4,18)19/h5-11H,1-4H3. The van der Waals surface area contributed by atoms with Gasteiger partial charge in [-0.05, 0) is 22.6 Å². The Morgan fingerprint density at radius 2 is 1.60 bits per heavy atom. The summed E-state index contributed by atoms with van der Waals surface area (Å²) < 4.78 is 23.6. The summed E-state index contributed by atoms with van der Waals surface area (Å²) in [4.78, 5) is 4.18. The monoisotopic (exact) mass is 289 g/mol. The fourth-order valence-electron chi connectivity index (χ4n) is 2.06. The third kappa shape index (κ3) is 3.07. The van der Waals surface area contributed by atoms with Gasteiger partial charge in [-0.3, -0.25) is 4.98 Å². The van der Waals surface area contributed by atoms with Crippen molar-refractivity contribution < 1.29 is 8.42 Å². The van der Waals surface area contributed by atoms with Crippen LogP contribution in [0.2, 0.25) is 0 Å². The predicted octanol–water partition coefficient (Wildman–Crippen LogP) is 3.45. The highest BCUT2D eigenvalue weighted by molar-refractivity contribution is 7.90. The number of pyridine rings is 1. The van der Waals surface area contributed by atoms with E-state index in [1.54, 1.807) is 12.3 Å². The molecule has 0 aliphatic carbocycles. The summed E-state index contributed by atoms with van der Waals surface area (Å²) >= 11 is 0. The molecular formula is C16H19NO2S. The van der Waals surface area contributed by atoms with E-state index in [1.807, 2.05) is 24.3 Å². The number of nitrogens with zero attached hydrogens (tertiary/aromatic N) is 1. The largest absolute Gasteiger partial charge is 0.263 e. The van der Waals surface area contributed by atoms with Gasteiger partial charge in [0.1, 0.15) is 0 Å². The van der Waals surface area contributed by atoms with Gasteiger partial charge in [0.15, 0.2) is 9.84 Å². The molecule has 0 bridgehead atoms. The van der Waals surface area contributed by atoms with Crippen LogP contribution in [0, 0.1) is 0 Å². The van der Waals surface area contributed by atoms with Crippen molar-refractivity contribution in [3.63, 3.8) is 0 Å². The maximum atomic E-state index is 11.8. The molecule has 2 rings (SSSR count). The van der Waals surface area contributed by atoms with Gasteiger partial charge in [0.25, 0.3) is 0 Å². The predicted molar refractivity (Wildman–Crippen MR) is 81.5 cm³/mol. The Bertz CT molecular complexity index is 711. The van der Waals surface area contributed by atoms with Gasteiger partial charge in [-0.15, -0.1) is 0 Å². The van der Waals surface area contributed by atoms with Crippen LogP contribution in [0.3, 0.4) is 0 Å². The van der Waals surface area contributed by atoms with Gasteiger partial charge in [-0.1, -0.05) is 45.0 Å². The van der Waals surface area contributed by atoms with Crippen LogP contribution in [0.1, 0.15) is 26.3 Å². The molecule has 0 aliphatic rings. The fraction of sp³-hybridized carbons (Fsp3) is 0.312. The van der Waals surface area contributed by atoms with Crippen molar-refractivity contribution in [1.82, 2.24) is 4.98 Å². The second kappa shape index (κ2) is 5.02. The third-order valence-corrected chi connectivity index (χ3v) is 4.37. The van der Waals surface area contributed by atoms with Crippen molar-refractivity contribution in [2.24, 2.45) is 0 Å². The average molecular weight is 289 g/mol. The maximum Gasteiger partial charge on any atom is 0.177 e. The SMILES string of the molecule is CC(C)(C)c1ccc(-c2ccncc2S(C)(=O)=O)cc1. The first-order chi connectivity index (χ1) is 9.19. The molecule has 1 heterocycles. The van der Waals surface area contributed by atoms with Crippen LogP contribution in [0.15, 0.2) is 47.6 Å². The highest BCUT2D eigenvalue weighted by Crippen LogP contribution is 2.29. The summed E-state index contributed by atoms with van der Waals surface area (Å²) in [6.07, 6.45) is 4.22. The number of benzene rings is 1. The average Bonchev–Trinajstić information content (AvgIpc) is 2.37. The highest BCUT2D eigenvalue weighted by Gasteiger charge is 2.16. The number of rotatable bonds is 2. The van der Waals surface area contributed by atoms with Crippen molar-refractivity contribution >= 4 is 9.84 Å². The van der Waals surface area contributed by atoms with E-state index in [0.29, 0.717) is 5.56 Å². The molecule has 0 N–H and O–H groups in total. The molecule has 20 heavy (non-hydrogen) atoms. The highest BCUT2D eigenvalue weighted by atomic mass is 32.2. The zero-order chi connectivity index (χ0) is 15.0. The smallest absolute Gasteiger partial charge is 0.177 e. The third-order valence-electron chi connectivity index (χ3n) is 3.25. The molecule has 4 heteroatoms. The summed E-state index contributed by atoms with van der Waals surface area (Å²) in [5.74, 6) is 0. The summed E-state index contributed by atoms with van der Waals surface area (Å²) in [6, 6.07) is 9.75. The van der Waals surface area contributed by atoms with Crippen LogP contribution in [0.4, 0.5) is 0 Å². The Hall–Kier alpha value is -1.68.